The molecule has 7 nitrogen and oxygen atoms in total. The summed E-state index contributed by atoms with van der Waals surface area (Å²) >= 11 is 1.09. The predicted molar refractivity (Wildman–Crippen MR) is 107 cm³/mol. The van der Waals surface area contributed by atoms with Crippen molar-refractivity contribution in [1.29, 1.82) is 0 Å². The third kappa shape index (κ3) is 3.96. The maximum atomic E-state index is 12.8. The van der Waals surface area contributed by atoms with Crippen molar-refractivity contribution in [2.45, 2.75) is 36.6 Å². The molecule has 1 saturated heterocycles. The summed E-state index contributed by atoms with van der Waals surface area (Å²) < 4.78 is 27.1. The number of hydrogen-bond donors (Lipinski definition) is 2. The van der Waals surface area contributed by atoms with E-state index in [1.165, 1.54) is 10.4 Å². The predicted octanol–water partition coefficient (Wildman–Crippen LogP) is 2.68. The highest BCUT2D eigenvalue weighted by Crippen LogP contribution is 2.28. The lowest BCUT2D eigenvalue weighted by molar-refractivity contribution is 0.0949. The normalized spacial score (nSPS) is 17.4. The lowest BCUT2D eigenvalue weighted by Gasteiger charge is -2.15. The molecule has 1 saturated carbocycles. The quantitative estimate of drug-likeness (QED) is 0.752. The third-order valence-electron chi connectivity index (χ3n) is 4.81. The zero-order valence-electron chi connectivity index (χ0n) is 15.2. The van der Waals surface area contributed by atoms with E-state index in [0.717, 1.165) is 37.0 Å². The number of benzene rings is 1. The van der Waals surface area contributed by atoms with Crippen molar-refractivity contribution in [2.24, 2.45) is 0 Å². The van der Waals surface area contributed by atoms with Crippen LogP contribution in [-0.4, -0.2) is 43.7 Å². The number of rotatable bonds is 6. The molecule has 0 spiro atoms. The van der Waals surface area contributed by atoms with Crippen molar-refractivity contribution in [2.75, 3.05) is 18.4 Å². The van der Waals surface area contributed by atoms with Gasteiger partial charge in [0.1, 0.15) is 9.77 Å². The van der Waals surface area contributed by atoms with Gasteiger partial charge in [-0.25, -0.2) is 8.42 Å². The first-order valence-electron chi connectivity index (χ1n) is 9.25. The summed E-state index contributed by atoms with van der Waals surface area (Å²) in [7, 11) is -3.67. The smallest absolute Gasteiger partial charge is 0.267 e. The Bertz CT molecular complexity index is 1010. The number of carbonyl (C=O) groups excluding carboxylic acids is 2. The molecular formula is C19H21N3O4S2. The van der Waals surface area contributed by atoms with E-state index in [2.05, 4.69) is 10.6 Å². The van der Waals surface area contributed by atoms with Crippen LogP contribution in [0.4, 0.5) is 5.69 Å². The van der Waals surface area contributed by atoms with Crippen molar-refractivity contribution in [3.63, 3.8) is 0 Å². The van der Waals surface area contributed by atoms with Gasteiger partial charge in [0, 0.05) is 30.4 Å². The Morgan fingerprint density at radius 2 is 1.82 bits per heavy atom. The van der Waals surface area contributed by atoms with Gasteiger partial charge < -0.3 is 10.6 Å². The molecule has 0 atom stereocenters. The molecule has 1 aliphatic carbocycles. The van der Waals surface area contributed by atoms with E-state index in [9.17, 15) is 18.0 Å². The average molecular weight is 420 g/mol. The molecule has 0 unspecified atom stereocenters. The van der Waals surface area contributed by atoms with Gasteiger partial charge in [0.15, 0.2) is 0 Å². The van der Waals surface area contributed by atoms with Gasteiger partial charge in [-0.1, -0.05) is 6.07 Å². The Morgan fingerprint density at radius 3 is 2.54 bits per heavy atom. The number of carbonyl (C=O) groups is 2. The first-order valence-corrected chi connectivity index (χ1v) is 11.6. The minimum absolute atomic E-state index is 0.0412. The number of nitrogens with one attached hydrogen (secondary N) is 2. The summed E-state index contributed by atoms with van der Waals surface area (Å²) in [6, 6.07) is 8.36. The summed E-state index contributed by atoms with van der Waals surface area (Å²) in [5, 5.41) is 7.23. The second-order valence-corrected chi connectivity index (χ2v) is 9.83. The zero-order valence-corrected chi connectivity index (χ0v) is 16.8. The number of sulfonamides is 1. The Kier molecular flexibility index (Phi) is 5.22. The molecule has 0 radical (unpaired) electrons. The molecule has 9 heteroatoms. The van der Waals surface area contributed by atoms with Crippen LogP contribution < -0.4 is 10.6 Å². The van der Waals surface area contributed by atoms with Gasteiger partial charge in [0.05, 0.1) is 0 Å². The molecule has 1 aromatic heterocycles. The summed E-state index contributed by atoms with van der Waals surface area (Å²) in [5.74, 6) is -0.667. The zero-order chi connectivity index (χ0) is 19.7. The Hall–Kier alpha value is -2.23. The van der Waals surface area contributed by atoms with E-state index in [1.807, 2.05) is 0 Å². The van der Waals surface area contributed by atoms with Crippen molar-refractivity contribution < 1.29 is 18.0 Å². The number of hydrogen-bond acceptors (Lipinski definition) is 5. The highest BCUT2D eigenvalue weighted by atomic mass is 32.2. The van der Waals surface area contributed by atoms with Crippen molar-refractivity contribution in [3.8, 4) is 0 Å². The first kappa shape index (κ1) is 19.1. The van der Waals surface area contributed by atoms with Crippen molar-refractivity contribution >= 4 is 38.9 Å². The first-order chi connectivity index (χ1) is 13.4. The fourth-order valence-corrected chi connectivity index (χ4v) is 5.97. The lowest BCUT2D eigenvalue weighted by atomic mass is 10.2. The van der Waals surface area contributed by atoms with E-state index in [4.69, 9.17) is 0 Å². The second-order valence-electron chi connectivity index (χ2n) is 7.01. The Balaban J connectivity index is 1.52. The van der Waals surface area contributed by atoms with Crippen LogP contribution in [0.25, 0.3) is 0 Å². The van der Waals surface area contributed by atoms with Crippen molar-refractivity contribution in [3.05, 3.63) is 46.2 Å². The van der Waals surface area contributed by atoms with Crippen LogP contribution in [0, 0.1) is 0 Å². The van der Waals surface area contributed by atoms with Crippen LogP contribution in [0.5, 0.6) is 0 Å². The van der Waals surface area contributed by atoms with Gasteiger partial charge in [-0.05, 0) is 55.3 Å². The maximum Gasteiger partial charge on any atom is 0.267 e. The lowest BCUT2D eigenvalue weighted by Crippen LogP contribution is -2.29. The second kappa shape index (κ2) is 7.65. The molecule has 2 N–H and O–H groups in total. The third-order valence-corrected chi connectivity index (χ3v) is 7.80. The number of amides is 2. The highest BCUT2D eigenvalue weighted by molar-refractivity contribution is 7.89. The maximum absolute atomic E-state index is 12.8. The van der Waals surface area contributed by atoms with Crippen LogP contribution in [0.2, 0.25) is 0 Å². The van der Waals surface area contributed by atoms with Gasteiger partial charge >= 0.3 is 0 Å². The molecule has 2 heterocycles. The number of thiophene rings is 1. The fraction of sp³-hybridized carbons (Fsp3) is 0.368. The topological polar surface area (TPSA) is 95.6 Å². The highest BCUT2D eigenvalue weighted by Gasteiger charge is 2.32. The molecule has 2 amide bonds. The van der Waals surface area contributed by atoms with Crippen molar-refractivity contribution in [1.82, 2.24) is 9.62 Å². The summed E-state index contributed by atoms with van der Waals surface area (Å²) in [4.78, 5) is 25.1. The molecule has 2 aromatic rings. The van der Waals surface area contributed by atoms with E-state index in [1.54, 1.807) is 29.6 Å². The summed E-state index contributed by atoms with van der Waals surface area (Å²) in [6.07, 6.45) is 3.66. The van der Waals surface area contributed by atoms with Gasteiger partial charge in [0.2, 0.25) is 10.0 Å². The molecule has 2 aliphatic rings. The van der Waals surface area contributed by atoms with Gasteiger partial charge in [0.25, 0.3) is 11.8 Å². The Labute approximate surface area is 167 Å². The SMILES string of the molecule is O=C(NC1CC1)c1cccc(NC(=O)c2sccc2S(=O)(=O)N2CCCC2)c1. The fourth-order valence-electron chi connectivity index (χ4n) is 3.16. The van der Waals surface area contributed by atoms with Gasteiger partial charge in [-0.2, -0.15) is 4.31 Å². The van der Waals surface area contributed by atoms with E-state index in [-0.39, 0.29) is 21.7 Å². The largest absolute Gasteiger partial charge is 0.349 e. The number of nitrogens with zero attached hydrogens (tertiary/aromatic N) is 1. The molecule has 2 fully saturated rings. The van der Waals surface area contributed by atoms with E-state index < -0.39 is 15.9 Å². The standard InChI is InChI=1S/C19H21N3O4S2/c23-18(20-14-6-7-14)13-4-3-5-15(12-13)21-19(24)17-16(8-11-27-17)28(25,26)22-9-1-2-10-22/h3-5,8,11-12,14H,1-2,6-7,9-10H2,(H,20,23)(H,21,24). The minimum Gasteiger partial charge on any atom is -0.349 e. The average Bonchev–Trinajstić information content (AvgIpc) is 3.16. The molecule has 1 aliphatic heterocycles. The molecule has 28 heavy (non-hydrogen) atoms. The van der Waals surface area contributed by atoms with Crippen LogP contribution in [0.15, 0.2) is 40.6 Å². The van der Waals surface area contributed by atoms with E-state index >= 15 is 0 Å². The summed E-state index contributed by atoms with van der Waals surface area (Å²) in [6.45, 7) is 0.967. The molecule has 1 aromatic carbocycles. The van der Waals surface area contributed by atoms with Crippen LogP contribution in [0.3, 0.4) is 0 Å². The van der Waals surface area contributed by atoms with Crippen LogP contribution >= 0.6 is 11.3 Å². The van der Waals surface area contributed by atoms with Crippen LogP contribution in [0.1, 0.15) is 45.7 Å². The molecule has 4 rings (SSSR count). The number of anilines is 1. The summed E-state index contributed by atoms with van der Waals surface area (Å²) in [5.41, 5.74) is 0.909. The molecular weight excluding hydrogens is 398 g/mol. The molecule has 0 bridgehead atoms. The van der Waals surface area contributed by atoms with Crippen LogP contribution in [-0.2, 0) is 10.0 Å². The van der Waals surface area contributed by atoms with Gasteiger partial charge in [-0.15, -0.1) is 11.3 Å². The minimum atomic E-state index is -3.67. The molecule has 148 valence electrons. The monoisotopic (exact) mass is 419 g/mol. The Morgan fingerprint density at radius 1 is 1.07 bits per heavy atom. The van der Waals surface area contributed by atoms with E-state index in [0.29, 0.717) is 24.3 Å². The van der Waals surface area contributed by atoms with Gasteiger partial charge in [-0.3, -0.25) is 9.59 Å².